The predicted octanol–water partition coefficient (Wildman–Crippen LogP) is 3.17. The van der Waals surface area contributed by atoms with E-state index in [9.17, 15) is 0 Å². The first-order valence-electron chi connectivity index (χ1n) is 6.23. The number of para-hydroxylation sites is 1. The molecular formula is C15H17N2+. The second-order valence-corrected chi connectivity index (χ2v) is 4.52. The van der Waals surface area contributed by atoms with Crippen LogP contribution >= 0.6 is 0 Å². The third kappa shape index (κ3) is 1.80. The summed E-state index contributed by atoms with van der Waals surface area (Å²) in [4.78, 5) is 0. The van der Waals surface area contributed by atoms with Crippen LogP contribution in [0.2, 0.25) is 0 Å². The minimum Gasteiger partial charge on any atom is -0.287 e. The Morgan fingerprint density at radius 2 is 2.06 bits per heavy atom. The molecule has 17 heavy (non-hydrogen) atoms. The molecule has 0 radical (unpaired) electrons. The lowest BCUT2D eigenvalue weighted by atomic mass is 10.1. The molecule has 0 N–H and O–H groups in total. The van der Waals surface area contributed by atoms with E-state index >= 15 is 0 Å². The first kappa shape index (κ1) is 10.3. The Bertz CT molecular complexity index is 564. The molecule has 0 aliphatic carbocycles. The van der Waals surface area contributed by atoms with Crippen molar-refractivity contribution >= 4 is 11.9 Å². The van der Waals surface area contributed by atoms with Crippen LogP contribution in [0.4, 0.5) is 5.69 Å². The summed E-state index contributed by atoms with van der Waals surface area (Å²) in [7, 11) is 0. The molecule has 1 aliphatic heterocycles. The second-order valence-electron chi connectivity index (χ2n) is 4.52. The largest absolute Gasteiger partial charge is 0.287 e. The number of fused-ring (bicyclic) bond motifs is 1. The number of rotatable bonds is 3. The molecule has 3 rings (SSSR count). The number of hydrogen-bond donors (Lipinski definition) is 0. The normalized spacial score (nSPS) is 13.6. The van der Waals surface area contributed by atoms with Crippen molar-refractivity contribution in [1.82, 2.24) is 4.57 Å². The second kappa shape index (κ2) is 4.21. The van der Waals surface area contributed by atoms with E-state index in [4.69, 9.17) is 0 Å². The summed E-state index contributed by atoms with van der Waals surface area (Å²) in [6.07, 6.45) is 6.70. The molecule has 1 aromatic carbocycles. The molecule has 0 fully saturated rings. The van der Waals surface area contributed by atoms with Crippen LogP contribution in [0.25, 0.3) is 0 Å². The summed E-state index contributed by atoms with van der Waals surface area (Å²) in [5, 5.41) is 0. The van der Waals surface area contributed by atoms with Gasteiger partial charge in [-0.2, -0.15) is 4.58 Å². The highest BCUT2D eigenvalue weighted by Crippen LogP contribution is 2.23. The van der Waals surface area contributed by atoms with Gasteiger partial charge >= 0.3 is 0 Å². The fourth-order valence-electron chi connectivity index (χ4n) is 2.46. The summed E-state index contributed by atoms with van der Waals surface area (Å²) in [5.74, 6) is 0. The minimum absolute atomic E-state index is 0.934. The molecule has 0 spiro atoms. The molecule has 2 nitrogen and oxygen atoms in total. The van der Waals surface area contributed by atoms with Crippen LogP contribution in [-0.2, 0) is 13.1 Å². The molecule has 2 heterocycles. The highest BCUT2D eigenvalue weighted by Gasteiger charge is 2.21. The molecular weight excluding hydrogens is 208 g/mol. The molecule has 1 aromatic heterocycles. The van der Waals surface area contributed by atoms with Crippen LogP contribution in [0.15, 0.2) is 42.6 Å². The summed E-state index contributed by atoms with van der Waals surface area (Å²) in [6.45, 7) is 3.16. The molecule has 2 heteroatoms. The molecule has 0 atom stereocenters. The van der Waals surface area contributed by atoms with Crippen molar-refractivity contribution in [2.75, 3.05) is 0 Å². The van der Waals surface area contributed by atoms with E-state index in [2.05, 4.69) is 64.9 Å². The topological polar surface area (TPSA) is 7.94 Å². The molecule has 0 unspecified atom stereocenters. The summed E-state index contributed by atoms with van der Waals surface area (Å²) in [5.41, 5.74) is 4.08. The smallest absolute Gasteiger partial charge is 0.228 e. The average Bonchev–Trinajstić information content (AvgIpc) is 2.90. The van der Waals surface area contributed by atoms with Gasteiger partial charge in [-0.05, 0) is 18.6 Å². The lowest BCUT2D eigenvalue weighted by Gasteiger charge is -2.04. The SMILES string of the molecule is CCCc1ccccc1[N+]1=Cc2cccn2C1. The lowest BCUT2D eigenvalue weighted by molar-refractivity contribution is -0.464. The average molecular weight is 225 g/mol. The van der Waals surface area contributed by atoms with Gasteiger partial charge in [0.1, 0.15) is 5.69 Å². The minimum atomic E-state index is 0.934. The van der Waals surface area contributed by atoms with E-state index in [-0.39, 0.29) is 0 Å². The van der Waals surface area contributed by atoms with Crippen LogP contribution in [-0.4, -0.2) is 15.4 Å². The van der Waals surface area contributed by atoms with Gasteiger partial charge in [-0.25, -0.2) is 0 Å². The quantitative estimate of drug-likeness (QED) is 0.709. The van der Waals surface area contributed by atoms with Gasteiger partial charge in [-0.15, -0.1) is 0 Å². The van der Waals surface area contributed by atoms with Crippen LogP contribution in [0, 0.1) is 0 Å². The van der Waals surface area contributed by atoms with Crippen molar-refractivity contribution in [3.8, 4) is 0 Å². The zero-order valence-corrected chi connectivity index (χ0v) is 10.1. The maximum absolute atomic E-state index is 2.33. The first-order chi connectivity index (χ1) is 8.38. The third-order valence-corrected chi connectivity index (χ3v) is 3.28. The number of benzene rings is 1. The van der Waals surface area contributed by atoms with E-state index < -0.39 is 0 Å². The number of aryl methyl sites for hydroxylation is 1. The van der Waals surface area contributed by atoms with Gasteiger partial charge in [-0.3, -0.25) is 4.57 Å². The lowest BCUT2D eigenvalue weighted by Crippen LogP contribution is -2.06. The standard InChI is InChI=1S/C15H17N2/c1-2-6-13-7-3-4-9-15(13)17-11-14-8-5-10-16(14)12-17/h3-5,7-11H,2,6,12H2,1H3/q+1. The van der Waals surface area contributed by atoms with E-state index in [1.807, 2.05) is 0 Å². The maximum Gasteiger partial charge on any atom is 0.228 e. The summed E-state index contributed by atoms with van der Waals surface area (Å²) in [6, 6.07) is 13.0. The van der Waals surface area contributed by atoms with Crippen LogP contribution in [0.1, 0.15) is 24.6 Å². The molecule has 0 saturated carbocycles. The van der Waals surface area contributed by atoms with E-state index in [1.165, 1.54) is 23.4 Å². The first-order valence-corrected chi connectivity index (χ1v) is 6.23. The molecule has 0 amide bonds. The van der Waals surface area contributed by atoms with Crippen molar-refractivity contribution in [1.29, 1.82) is 0 Å². The van der Waals surface area contributed by atoms with Crippen LogP contribution < -0.4 is 0 Å². The number of hydrogen-bond acceptors (Lipinski definition) is 0. The molecule has 2 aromatic rings. The Hall–Kier alpha value is -1.83. The van der Waals surface area contributed by atoms with E-state index in [1.54, 1.807) is 0 Å². The van der Waals surface area contributed by atoms with Crippen molar-refractivity contribution in [3.63, 3.8) is 0 Å². The Labute approximate surface area is 102 Å². The highest BCUT2D eigenvalue weighted by molar-refractivity contribution is 5.75. The van der Waals surface area contributed by atoms with Crippen LogP contribution in [0.3, 0.4) is 0 Å². The van der Waals surface area contributed by atoms with Gasteiger partial charge in [0.25, 0.3) is 0 Å². The monoisotopic (exact) mass is 225 g/mol. The molecule has 0 bridgehead atoms. The van der Waals surface area contributed by atoms with Gasteiger partial charge in [0.2, 0.25) is 12.4 Å². The van der Waals surface area contributed by atoms with Crippen molar-refractivity contribution < 1.29 is 4.58 Å². The molecule has 1 aliphatic rings. The summed E-state index contributed by atoms with van der Waals surface area (Å²) >= 11 is 0. The summed E-state index contributed by atoms with van der Waals surface area (Å²) < 4.78 is 4.60. The Morgan fingerprint density at radius 3 is 2.88 bits per heavy atom. The molecule has 86 valence electrons. The van der Waals surface area contributed by atoms with Crippen LogP contribution in [0.5, 0.6) is 0 Å². The third-order valence-electron chi connectivity index (χ3n) is 3.28. The van der Waals surface area contributed by atoms with E-state index in [0.717, 1.165) is 13.1 Å². The van der Waals surface area contributed by atoms with Crippen molar-refractivity contribution in [2.45, 2.75) is 26.4 Å². The number of nitrogens with zero attached hydrogens (tertiary/aromatic N) is 2. The zero-order chi connectivity index (χ0) is 11.7. The highest BCUT2D eigenvalue weighted by atomic mass is 15.2. The van der Waals surface area contributed by atoms with Gasteiger partial charge in [0.15, 0.2) is 6.21 Å². The zero-order valence-electron chi connectivity index (χ0n) is 10.1. The predicted molar refractivity (Wildman–Crippen MR) is 70.0 cm³/mol. The maximum atomic E-state index is 2.33. The van der Waals surface area contributed by atoms with Gasteiger partial charge in [-0.1, -0.05) is 31.5 Å². The Balaban J connectivity index is 1.98. The fourth-order valence-corrected chi connectivity index (χ4v) is 2.46. The number of aromatic nitrogens is 1. The Kier molecular flexibility index (Phi) is 2.56. The fraction of sp³-hybridized carbons (Fsp3) is 0.267. The van der Waals surface area contributed by atoms with Gasteiger partial charge < -0.3 is 0 Å². The Morgan fingerprint density at radius 1 is 1.18 bits per heavy atom. The van der Waals surface area contributed by atoms with Crippen molar-refractivity contribution in [3.05, 3.63) is 53.9 Å². The van der Waals surface area contributed by atoms with Gasteiger partial charge in [0.05, 0.1) is 0 Å². The van der Waals surface area contributed by atoms with Crippen molar-refractivity contribution in [2.24, 2.45) is 0 Å². The van der Waals surface area contributed by atoms with E-state index in [0.29, 0.717) is 0 Å². The molecule has 0 saturated heterocycles. The van der Waals surface area contributed by atoms with Gasteiger partial charge in [0, 0.05) is 17.8 Å².